The van der Waals surface area contributed by atoms with Crippen LogP contribution in [0.2, 0.25) is 0 Å². The Balaban J connectivity index is 2.45. The Hall–Kier alpha value is -2.54. The highest BCUT2D eigenvalue weighted by molar-refractivity contribution is 5.67. The second-order valence-electron chi connectivity index (χ2n) is 3.51. The van der Waals surface area contributed by atoms with Crippen molar-refractivity contribution >= 4 is 5.82 Å². The molecule has 1 heterocycles. The first kappa shape index (κ1) is 11.0. The first-order chi connectivity index (χ1) is 8.22. The molecule has 0 saturated heterocycles. The van der Waals surface area contributed by atoms with Crippen LogP contribution in [0, 0.1) is 11.3 Å². The fourth-order valence-corrected chi connectivity index (χ4v) is 1.53. The van der Waals surface area contributed by atoms with E-state index in [9.17, 15) is 0 Å². The number of benzene rings is 1. The van der Waals surface area contributed by atoms with Gasteiger partial charge >= 0.3 is 0 Å². The van der Waals surface area contributed by atoms with Gasteiger partial charge in [-0.2, -0.15) is 10.2 Å². The van der Waals surface area contributed by atoms with Gasteiger partial charge in [-0.25, -0.2) is 0 Å². The summed E-state index contributed by atoms with van der Waals surface area (Å²) in [5.41, 5.74) is 8.20. The average Bonchev–Trinajstić information content (AvgIpc) is 2.38. The first-order valence-electron chi connectivity index (χ1n) is 5.05. The van der Waals surface area contributed by atoms with Crippen molar-refractivity contribution in [3.05, 3.63) is 42.0 Å². The summed E-state index contributed by atoms with van der Waals surface area (Å²) >= 11 is 0. The van der Waals surface area contributed by atoms with E-state index >= 15 is 0 Å². The van der Waals surface area contributed by atoms with Crippen molar-refractivity contribution in [2.45, 2.75) is 0 Å². The average molecular weight is 225 g/mol. The summed E-state index contributed by atoms with van der Waals surface area (Å²) in [5, 5.41) is 8.73. The number of nitrogens with zero attached hydrogens (tertiary/aromatic N) is 2. The third kappa shape index (κ3) is 2.34. The summed E-state index contributed by atoms with van der Waals surface area (Å²) in [7, 11) is 1.55. The van der Waals surface area contributed by atoms with Crippen LogP contribution >= 0.6 is 0 Å². The number of hydrogen-bond donors (Lipinski definition) is 1. The Bertz CT molecular complexity index is 570. The zero-order valence-corrected chi connectivity index (χ0v) is 9.34. The molecule has 1 aromatic carbocycles. The van der Waals surface area contributed by atoms with Crippen LogP contribution in [0.4, 0.5) is 5.82 Å². The SMILES string of the molecule is COc1cc(-c2ccc(C#N)cc2)cc(N)n1. The Morgan fingerprint density at radius 3 is 2.47 bits per heavy atom. The van der Waals surface area contributed by atoms with Gasteiger partial charge in [0.15, 0.2) is 0 Å². The van der Waals surface area contributed by atoms with Gasteiger partial charge in [0.1, 0.15) is 5.82 Å². The lowest BCUT2D eigenvalue weighted by atomic mass is 10.1. The monoisotopic (exact) mass is 225 g/mol. The minimum Gasteiger partial charge on any atom is -0.481 e. The third-order valence-electron chi connectivity index (χ3n) is 2.38. The lowest BCUT2D eigenvalue weighted by Gasteiger charge is -2.05. The van der Waals surface area contributed by atoms with E-state index in [0.29, 0.717) is 17.3 Å². The van der Waals surface area contributed by atoms with Gasteiger partial charge in [-0.3, -0.25) is 0 Å². The highest BCUT2D eigenvalue weighted by Gasteiger charge is 2.03. The molecule has 0 bridgehead atoms. The minimum absolute atomic E-state index is 0.406. The van der Waals surface area contributed by atoms with Crippen molar-refractivity contribution in [3.63, 3.8) is 0 Å². The van der Waals surface area contributed by atoms with Crippen molar-refractivity contribution in [2.75, 3.05) is 12.8 Å². The van der Waals surface area contributed by atoms with E-state index in [1.54, 1.807) is 31.4 Å². The molecule has 0 unspecified atom stereocenters. The maximum Gasteiger partial charge on any atom is 0.215 e. The summed E-state index contributed by atoms with van der Waals surface area (Å²) in [6.45, 7) is 0. The molecule has 17 heavy (non-hydrogen) atoms. The number of pyridine rings is 1. The van der Waals surface area contributed by atoms with E-state index in [0.717, 1.165) is 11.1 Å². The van der Waals surface area contributed by atoms with Crippen LogP contribution in [0.15, 0.2) is 36.4 Å². The lowest BCUT2D eigenvalue weighted by molar-refractivity contribution is 0.399. The van der Waals surface area contributed by atoms with Gasteiger partial charge in [0.05, 0.1) is 18.7 Å². The van der Waals surface area contributed by atoms with Crippen LogP contribution in [-0.4, -0.2) is 12.1 Å². The maximum absolute atomic E-state index is 8.73. The van der Waals surface area contributed by atoms with Crippen LogP contribution in [0.3, 0.4) is 0 Å². The Morgan fingerprint density at radius 2 is 1.88 bits per heavy atom. The summed E-state index contributed by atoms with van der Waals surface area (Å²) in [6.07, 6.45) is 0. The second-order valence-corrected chi connectivity index (χ2v) is 3.51. The fourth-order valence-electron chi connectivity index (χ4n) is 1.53. The molecule has 4 heteroatoms. The van der Waals surface area contributed by atoms with Crippen molar-refractivity contribution in [3.8, 4) is 23.1 Å². The van der Waals surface area contributed by atoms with Gasteiger partial charge in [-0.1, -0.05) is 12.1 Å². The number of nitrogen functional groups attached to an aromatic ring is 1. The molecule has 2 rings (SSSR count). The number of aromatic nitrogens is 1. The number of rotatable bonds is 2. The molecule has 2 aromatic rings. The Kier molecular flexibility index (Phi) is 2.93. The molecule has 84 valence electrons. The van der Waals surface area contributed by atoms with Gasteiger partial charge in [0, 0.05) is 6.07 Å². The number of nitrogens with two attached hydrogens (primary N) is 1. The van der Waals surface area contributed by atoms with Crippen molar-refractivity contribution in [1.82, 2.24) is 4.98 Å². The number of ether oxygens (including phenoxy) is 1. The van der Waals surface area contributed by atoms with Gasteiger partial charge < -0.3 is 10.5 Å². The van der Waals surface area contributed by atoms with Crippen molar-refractivity contribution in [1.29, 1.82) is 5.26 Å². The summed E-state index contributed by atoms with van der Waals surface area (Å²) in [6, 6.07) is 12.9. The zero-order valence-electron chi connectivity index (χ0n) is 9.34. The van der Waals surface area contributed by atoms with E-state index < -0.39 is 0 Å². The first-order valence-corrected chi connectivity index (χ1v) is 5.05. The van der Waals surface area contributed by atoms with Crippen LogP contribution in [0.25, 0.3) is 11.1 Å². The molecule has 0 spiro atoms. The van der Waals surface area contributed by atoms with E-state index in [-0.39, 0.29) is 0 Å². The molecule has 0 saturated carbocycles. The molecule has 1 aromatic heterocycles. The van der Waals surface area contributed by atoms with E-state index in [4.69, 9.17) is 15.7 Å². The number of methoxy groups -OCH3 is 1. The summed E-state index contributed by atoms with van der Waals surface area (Å²) < 4.78 is 5.06. The van der Waals surface area contributed by atoms with Gasteiger partial charge in [0.2, 0.25) is 5.88 Å². The number of anilines is 1. The predicted octanol–water partition coefficient (Wildman–Crippen LogP) is 2.21. The van der Waals surface area contributed by atoms with Crippen LogP contribution < -0.4 is 10.5 Å². The molecule has 0 amide bonds. The lowest BCUT2D eigenvalue weighted by Crippen LogP contribution is -1.94. The molecule has 2 N–H and O–H groups in total. The smallest absolute Gasteiger partial charge is 0.215 e. The normalized spacial score (nSPS) is 9.65. The Labute approximate surface area is 99.3 Å². The molecule has 0 aliphatic carbocycles. The predicted molar refractivity (Wildman–Crippen MR) is 65.4 cm³/mol. The molecule has 0 fully saturated rings. The van der Waals surface area contributed by atoms with Crippen LogP contribution in [-0.2, 0) is 0 Å². The van der Waals surface area contributed by atoms with Gasteiger partial charge in [-0.15, -0.1) is 0 Å². The van der Waals surface area contributed by atoms with Crippen molar-refractivity contribution < 1.29 is 4.74 Å². The highest BCUT2D eigenvalue weighted by atomic mass is 16.5. The maximum atomic E-state index is 8.73. The molecular weight excluding hydrogens is 214 g/mol. The molecule has 0 aliphatic rings. The quantitative estimate of drug-likeness (QED) is 0.850. The summed E-state index contributed by atoms with van der Waals surface area (Å²) in [4.78, 5) is 4.01. The topological polar surface area (TPSA) is 71.9 Å². The number of hydrogen-bond acceptors (Lipinski definition) is 4. The largest absolute Gasteiger partial charge is 0.481 e. The minimum atomic E-state index is 0.406. The zero-order chi connectivity index (χ0) is 12.3. The molecule has 0 atom stereocenters. The fraction of sp³-hybridized carbons (Fsp3) is 0.0769. The molecule has 0 aliphatic heterocycles. The van der Waals surface area contributed by atoms with Crippen LogP contribution in [0.1, 0.15) is 5.56 Å². The summed E-state index contributed by atoms with van der Waals surface area (Å²) in [5.74, 6) is 0.882. The van der Waals surface area contributed by atoms with E-state index in [2.05, 4.69) is 11.1 Å². The third-order valence-corrected chi connectivity index (χ3v) is 2.38. The van der Waals surface area contributed by atoms with E-state index in [1.807, 2.05) is 12.1 Å². The van der Waals surface area contributed by atoms with E-state index in [1.165, 1.54) is 0 Å². The van der Waals surface area contributed by atoms with Gasteiger partial charge in [-0.05, 0) is 29.3 Å². The molecular formula is C13H11N3O. The standard InChI is InChI=1S/C13H11N3O/c1-17-13-7-11(6-12(15)16-13)10-4-2-9(8-14)3-5-10/h2-7H,1H3,(H2,15,16). The van der Waals surface area contributed by atoms with Crippen molar-refractivity contribution in [2.24, 2.45) is 0 Å². The molecule has 4 nitrogen and oxygen atoms in total. The van der Waals surface area contributed by atoms with Crippen LogP contribution in [0.5, 0.6) is 5.88 Å². The van der Waals surface area contributed by atoms with Gasteiger partial charge in [0.25, 0.3) is 0 Å². The number of nitriles is 1. The Morgan fingerprint density at radius 1 is 1.18 bits per heavy atom. The second kappa shape index (κ2) is 4.54. The highest BCUT2D eigenvalue weighted by Crippen LogP contribution is 2.24. The molecule has 0 radical (unpaired) electrons.